The maximum atomic E-state index is 11.2. The number of nitrogens with two attached hydrogens (primary N) is 2. The molecule has 3 amide bonds. The summed E-state index contributed by atoms with van der Waals surface area (Å²) >= 11 is 1.01. The maximum Gasteiger partial charge on any atom is 0.319 e. The normalized spacial score (nSPS) is 9.62. The highest BCUT2D eigenvalue weighted by Crippen LogP contribution is 2.18. The fraction of sp³-hybridized carbons (Fsp3) is 0.167. The summed E-state index contributed by atoms with van der Waals surface area (Å²) in [6.45, 7) is 1.63. The third kappa shape index (κ3) is 2.15. The molecule has 6 nitrogen and oxygen atoms in total. The highest BCUT2D eigenvalue weighted by Gasteiger charge is 2.14. The Kier molecular flexibility index (Phi) is 2.47. The zero-order valence-corrected chi connectivity index (χ0v) is 7.64. The standard InChI is InChI=1S/C6H8N4O2S/c1-2-3(13-6(8)9-2)4(11)10-5(7)12/h1H3,(H2,8,9)(H3,7,10,11,12). The maximum absolute atomic E-state index is 11.2. The summed E-state index contributed by atoms with van der Waals surface area (Å²) in [5.41, 5.74) is 10.6. The predicted octanol–water partition coefficient (Wildman–Crippen LogP) is -0.158. The van der Waals surface area contributed by atoms with Gasteiger partial charge in [0.05, 0.1) is 5.69 Å². The van der Waals surface area contributed by atoms with E-state index in [-0.39, 0.29) is 5.13 Å². The summed E-state index contributed by atoms with van der Waals surface area (Å²) in [5, 5.41) is 2.21. The number of aromatic nitrogens is 1. The molecule has 7 heteroatoms. The minimum absolute atomic E-state index is 0.284. The molecular weight excluding hydrogens is 192 g/mol. The van der Waals surface area contributed by atoms with Crippen LogP contribution in [0, 0.1) is 6.92 Å². The van der Waals surface area contributed by atoms with Gasteiger partial charge < -0.3 is 11.5 Å². The molecule has 1 heterocycles. The summed E-state index contributed by atoms with van der Waals surface area (Å²) in [5.74, 6) is -0.570. The van der Waals surface area contributed by atoms with Crippen LogP contribution in [0.25, 0.3) is 0 Å². The Hall–Kier alpha value is -1.63. The third-order valence-electron chi connectivity index (χ3n) is 1.26. The van der Waals surface area contributed by atoms with Crippen LogP contribution in [-0.4, -0.2) is 16.9 Å². The lowest BCUT2D eigenvalue weighted by molar-refractivity contribution is 0.0969. The van der Waals surface area contributed by atoms with Gasteiger partial charge in [-0.3, -0.25) is 10.1 Å². The second-order valence-corrected chi connectivity index (χ2v) is 3.32. The number of thiazole rings is 1. The number of carbonyl (C=O) groups is 2. The smallest absolute Gasteiger partial charge is 0.319 e. The molecule has 0 aliphatic rings. The van der Waals surface area contributed by atoms with E-state index in [1.807, 2.05) is 5.32 Å². The first kappa shape index (κ1) is 9.46. The van der Waals surface area contributed by atoms with Gasteiger partial charge in [0, 0.05) is 0 Å². The van der Waals surface area contributed by atoms with Gasteiger partial charge >= 0.3 is 6.03 Å². The average molecular weight is 200 g/mol. The number of nitrogens with one attached hydrogen (secondary N) is 1. The van der Waals surface area contributed by atoms with E-state index in [4.69, 9.17) is 11.5 Å². The van der Waals surface area contributed by atoms with Gasteiger partial charge in [-0.1, -0.05) is 11.3 Å². The lowest BCUT2D eigenvalue weighted by Gasteiger charge is -1.96. The zero-order chi connectivity index (χ0) is 10.0. The number of nitrogen functional groups attached to an aromatic ring is 1. The summed E-state index contributed by atoms with van der Waals surface area (Å²) in [6, 6.07) is -0.892. The van der Waals surface area contributed by atoms with Gasteiger partial charge in [0.15, 0.2) is 5.13 Å². The fourth-order valence-electron chi connectivity index (χ4n) is 0.797. The molecule has 13 heavy (non-hydrogen) atoms. The largest absolute Gasteiger partial charge is 0.375 e. The number of anilines is 1. The number of hydrogen-bond donors (Lipinski definition) is 3. The Balaban J connectivity index is 2.88. The molecule has 1 aromatic rings. The van der Waals surface area contributed by atoms with E-state index >= 15 is 0 Å². The molecular formula is C6H8N4O2S. The minimum Gasteiger partial charge on any atom is -0.375 e. The first-order valence-electron chi connectivity index (χ1n) is 3.34. The second kappa shape index (κ2) is 3.40. The van der Waals surface area contributed by atoms with E-state index in [1.165, 1.54) is 0 Å². The van der Waals surface area contributed by atoms with Crippen LogP contribution < -0.4 is 16.8 Å². The number of imide groups is 1. The summed E-state index contributed by atoms with van der Waals surface area (Å²) in [6.07, 6.45) is 0. The van der Waals surface area contributed by atoms with Crippen LogP contribution in [0.1, 0.15) is 15.4 Å². The first-order chi connectivity index (χ1) is 6.00. The fourth-order valence-corrected chi connectivity index (χ4v) is 1.53. The molecule has 0 atom stereocenters. The number of carbonyl (C=O) groups excluding carboxylic acids is 2. The van der Waals surface area contributed by atoms with Crippen molar-refractivity contribution in [2.45, 2.75) is 6.92 Å². The van der Waals surface area contributed by atoms with E-state index in [0.717, 1.165) is 11.3 Å². The van der Waals surface area contributed by atoms with E-state index in [9.17, 15) is 9.59 Å². The van der Waals surface area contributed by atoms with E-state index in [1.54, 1.807) is 6.92 Å². The van der Waals surface area contributed by atoms with Crippen molar-refractivity contribution in [2.24, 2.45) is 5.73 Å². The molecule has 0 aliphatic heterocycles. The van der Waals surface area contributed by atoms with E-state index in [2.05, 4.69) is 4.98 Å². The SMILES string of the molecule is Cc1nc(N)sc1C(=O)NC(N)=O. The van der Waals surface area contributed by atoms with Gasteiger partial charge in [-0.2, -0.15) is 0 Å². The van der Waals surface area contributed by atoms with Crippen molar-refractivity contribution in [1.82, 2.24) is 10.3 Å². The molecule has 0 saturated carbocycles. The molecule has 0 saturated heterocycles. The van der Waals surface area contributed by atoms with Crippen LogP contribution in [0.3, 0.4) is 0 Å². The van der Waals surface area contributed by atoms with Crippen LogP contribution in [0.4, 0.5) is 9.93 Å². The number of amides is 3. The summed E-state index contributed by atoms with van der Waals surface area (Å²) in [7, 11) is 0. The summed E-state index contributed by atoms with van der Waals surface area (Å²) < 4.78 is 0. The molecule has 0 aromatic carbocycles. The molecule has 0 unspecified atom stereocenters. The quantitative estimate of drug-likeness (QED) is 0.584. The lowest BCUT2D eigenvalue weighted by Crippen LogP contribution is -2.34. The Bertz CT molecular complexity index is 360. The van der Waals surface area contributed by atoms with Crippen molar-refractivity contribution in [3.63, 3.8) is 0 Å². The Labute approximate surface area is 77.9 Å². The molecule has 5 N–H and O–H groups in total. The van der Waals surface area contributed by atoms with Gasteiger partial charge in [0.2, 0.25) is 0 Å². The van der Waals surface area contributed by atoms with Crippen molar-refractivity contribution < 1.29 is 9.59 Å². The predicted molar refractivity (Wildman–Crippen MR) is 48.3 cm³/mol. The lowest BCUT2D eigenvalue weighted by atomic mass is 10.4. The molecule has 0 spiro atoms. The Morgan fingerprint density at radius 3 is 2.54 bits per heavy atom. The number of aryl methyl sites for hydroxylation is 1. The van der Waals surface area contributed by atoms with Gasteiger partial charge in [-0.15, -0.1) is 0 Å². The molecule has 0 aliphatic carbocycles. The molecule has 0 radical (unpaired) electrons. The second-order valence-electron chi connectivity index (χ2n) is 2.29. The van der Waals surface area contributed by atoms with Crippen LogP contribution in [0.15, 0.2) is 0 Å². The number of urea groups is 1. The number of hydrogen-bond acceptors (Lipinski definition) is 5. The van der Waals surface area contributed by atoms with Gasteiger partial charge in [-0.05, 0) is 6.92 Å². The van der Waals surface area contributed by atoms with Crippen LogP contribution >= 0.6 is 11.3 Å². The Morgan fingerprint density at radius 2 is 2.15 bits per heavy atom. The van der Waals surface area contributed by atoms with Crippen LogP contribution in [-0.2, 0) is 0 Å². The number of rotatable bonds is 1. The molecule has 1 aromatic heterocycles. The Morgan fingerprint density at radius 1 is 1.54 bits per heavy atom. The minimum atomic E-state index is -0.892. The number of nitrogens with zero attached hydrogens (tertiary/aromatic N) is 1. The molecule has 1 rings (SSSR count). The molecule has 0 fully saturated rings. The van der Waals surface area contributed by atoms with E-state index < -0.39 is 11.9 Å². The van der Waals surface area contributed by atoms with Crippen molar-refractivity contribution in [1.29, 1.82) is 0 Å². The van der Waals surface area contributed by atoms with E-state index in [0.29, 0.717) is 10.6 Å². The zero-order valence-electron chi connectivity index (χ0n) is 6.83. The number of primary amides is 1. The van der Waals surface area contributed by atoms with Crippen molar-refractivity contribution >= 4 is 28.4 Å². The monoisotopic (exact) mass is 200 g/mol. The van der Waals surface area contributed by atoms with Gasteiger partial charge in [-0.25, -0.2) is 9.78 Å². The van der Waals surface area contributed by atoms with Crippen LogP contribution in [0.5, 0.6) is 0 Å². The van der Waals surface area contributed by atoms with Crippen LogP contribution in [0.2, 0.25) is 0 Å². The van der Waals surface area contributed by atoms with Gasteiger partial charge in [0.25, 0.3) is 5.91 Å². The van der Waals surface area contributed by atoms with Crippen molar-refractivity contribution in [2.75, 3.05) is 5.73 Å². The van der Waals surface area contributed by atoms with Crippen molar-refractivity contribution in [3.05, 3.63) is 10.6 Å². The highest BCUT2D eigenvalue weighted by atomic mass is 32.1. The topological polar surface area (TPSA) is 111 Å². The summed E-state index contributed by atoms with van der Waals surface area (Å²) in [4.78, 5) is 25.7. The van der Waals surface area contributed by atoms with Crippen molar-refractivity contribution in [3.8, 4) is 0 Å². The molecule has 0 bridgehead atoms. The third-order valence-corrected chi connectivity index (χ3v) is 2.24. The van der Waals surface area contributed by atoms with Gasteiger partial charge in [0.1, 0.15) is 4.88 Å². The first-order valence-corrected chi connectivity index (χ1v) is 4.16. The average Bonchev–Trinajstić information content (AvgIpc) is 2.28. The molecule has 70 valence electrons. The highest BCUT2D eigenvalue weighted by molar-refractivity contribution is 7.17.